The van der Waals surface area contributed by atoms with Crippen LogP contribution in [0.15, 0.2) is 33.9 Å². The minimum absolute atomic E-state index is 0.216. The Morgan fingerprint density at radius 3 is 2.54 bits per heavy atom. The molecule has 1 aromatic carbocycles. The average Bonchev–Trinajstić information content (AvgIpc) is 3.06. The molecule has 2 heterocycles. The summed E-state index contributed by atoms with van der Waals surface area (Å²) in [5, 5.41) is 21.8. The molecule has 0 atom stereocenters. The number of nitrogens with one attached hydrogen (secondary N) is 1. The van der Waals surface area contributed by atoms with E-state index in [-0.39, 0.29) is 36.9 Å². The first-order chi connectivity index (χ1) is 13.4. The van der Waals surface area contributed by atoms with Gasteiger partial charge in [0.15, 0.2) is 11.2 Å². The fourth-order valence-electron chi connectivity index (χ4n) is 3.00. The van der Waals surface area contributed by atoms with E-state index in [4.69, 9.17) is 4.74 Å². The number of nitrogens with zero attached hydrogens (tertiary/aromatic N) is 4. The molecule has 10 nitrogen and oxygen atoms in total. The molecular formula is C18H23N5O5. The molecule has 0 aliphatic carbocycles. The zero-order chi connectivity index (χ0) is 20.4. The minimum atomic E-state index is -0.665. The predicted octanol–water partition coefficient (Wildman–Crippen LogP) is -0.744. The van der Waals surface area contributed by atoms with Crippen LogP contribution < -0.4 is 21.3 Å². The van der Waals surface area contributed by atoms with E-state index in [1.165, 1.54) is 18.7 Å². The van der Waals surface area contributed by atoms with Crippen molar-refractivity contribution in [3.8, 4) is 5.75 Å². The number of hydrogen-bond donors (Lipinski definition) is 3. The van der Waals surface area contributed by atoms with Crippen molar-refractivity contribution in [1.82, 2.24) is 18.7 Å². The maximum Gasteiger partial charge on any atom is 0.332 e. The number of rotatable bonds is 7. The van der Waals surface area contributed by atoms with Gasteiger partial charge in [0.05, 0.1) is 32.9 Å². The third-order valence-electron chi connectivity index (χ3n) is 4.60. The molecule has 3 aromatic rings. The standard InChI is InChI=1S/C18H23N5O5/c1-21-15-14(16(26)22(2)18(21)27)23(17(20-15)19-12(9-24)10-25)8-11-5-4-6-13(7-11)28-3/h4-7,12,24-25H,8-10H2,1-3H3,(H,19,20). The van der Waals surface area contributed by atoms with Crippen molar-refractivity contribution in [2.24, 2.45) is 14.1 Å². The Kier molecular flexibility index (Phi) is 5.52. The highest BCUT2D eigenvalue weighted by atomic mass is 16.5. The van der Waals surface area contributed by atoms with E-state index in [9.17, 15) is 19.8 Å². The number of methoxy groups -OCH3 is 1. The number of hydrogen-bond acceptors (Lipinski definition) is 7. The molecule has 0 amide bonds. The molecule has 0 aliphatic rings. The average molecular weight is 389 g/mol. The first-order valence-corrected chi connectivity index (χ1v) is 8.68. The van der Waals surface area contributed by atoms with Crippen LogP contribution >= 0.6 is 0 Å². The number of anilines is 1. The van der Waals surface area contributed by atoms with E-state index < -0.39 is 17.3 Å². The lowest BCUT2D eigenvalue weighted by molar-refractivity contribution is 0.203. The summed E-state index contributed by atoms with van der Waals surface area (Å²) < 4.78 is 9.19. The zero-order valence-corrected chi connectivity index (χ0v) is 15.9. The van der Waals surface area contributed by atoms with Crippen LogP contribution in [0.4, 0.5) is 5.95 Å². The normalized spacial score (nSPS) is 11.4. The second kappa shape index (κ2) is 7.87. The van der Waals surface area contributed by atoms with Crippen LogP contribution in [0.1, 0.15) is 5.56 Å². The fourth-order valence-corrected chi connectivity index (χ4v) is 3.00. The van der Waals surface area contributed by atoms with Crippen LogP contribution in [0.25, 0.3) is 11.2 Å². The maximum atomic E-state index is 12.8. The highest BCUT2D eigenvalue weighted by Gasteiger charge is 2.21. The van der Waals surface area contributed by atoms with Crippen molar-refractivity contribution in [3.05, 3.63) is 50.7 Å². The quantitative estimate of drug-likeness (QED) is 0.486. The Labute approximate surface area is 160 Å². The van der Waals surface area contributed by atoms with Gasteiger partial charge in [0.2, 0.25) is 5.95 Å². The Bertz CT molecular complexity index is 1110. The van der Waals surface area contributed by atoms with Gasteiger partial charge >= 0.3 is 5.69 Å². The molecule has 150 valence electrons. The Morgan fingerprint density at radius 1 is 1.18 bits per heavy atom. The summed E-state index contributed by atoms with van der Waals surface area (Å²) in [6.07, 6.45) is 0. The largest absolute Gasteiger partial charge is 0.497 e. The Balaban J connectivity index is 2.24. The van der Waals surface area contributed by atoms with Gasteiger partial charge in [-0.3, -0.25) is 18.5 Å². The topological polar surface area (TPSA) is 124 Å². The molecule has 0 saturated heterocycles. The van der Waals surface area contributed by atoms with Gasteiger partial charge < -0.3 is 20.3 Å². The number of imidazole rings is 1. The molecule has 0 unspecified atom stereocenters. The number of aliphatic hydroxyl groups excluding tert-OH is 2. The summed E-state index contributed by atoms with van der Waals surface area (Å²) in [5.41, 5.74) is 0.335. The molecule has 0 bridgehead atoms. The molecule has 0 radical (unpaired) electrons. The van der Waals surface area contributed by atoms with Crippen molar-refractivity contribution in [2.75, 3.05) is 25.6 Å². The van der Waals surface area contributed by atoms with E-state index in [1.807, 2.05) is 24.3 Å². The van der Waals surface area contributed by atoms with Gasteiger partial charge in [-0.05, 0) is 17.7 Å². The number of aryl methyl sites for hydroxylation is 1. The van der Waals surface area contributed by atoms with Crippen LogP contribution in [-0.2, 0) is 20.6 Å². The predicted molar refractivity (Wildman–Crippen MR) is 104 cm³/mol. The lowest BCUT2D eigenvalue weighted by atomic mass is 10.2. The third kappa shape index (κ3) is 3.39. The number of aliphatic hydroxyl groups is 2. The molecular weight excluding hydrogens is 366 g/mol. The van der Waals surface area contributed by atoms with Gasteiger partial charge in [0.1, 0.15) is 5.75 Å². The molecule has 0 fully saturated rings. The fraction of sp³-hybridized carbons (Fsp3) is 0.389. The van der Waals surface area contributed by atoms with Crippen molar-refractivity contribution in [3.63, 3.8) is 0 Å². The van der Waals surface area contributed by atoms with E-state index in [0.717, 1.165) is 10.1 Å². The van der Waals surface area contributed by atoms with Gasteiger partial charge in [-0.25, -0.2) is 4.79 Å². The van der Waals surface area contributed by atoms with Crippen molar-refractivity contribution in [1.29, 1.82) is 0 Å². The van der Waals surface area contributed by atoms with Gasteiger partial charge in [0.25, 0.3) is 5.56 Å². The lowest BCUT2D eigenvalue weighted by Crippen LogP contribution is -2.37. The molecule has 0 spiro atoms. The molecule has 10 heteroatoms. The zero-order valence-electron chi connectivity index (χ0n) is 15.9. The number of benzene rings is 1. The van der Waals surface area contributed by atoms with Crippen molar-refractivity contribution in [2.45, 2.75) is 12.6 Å². The van der Waals surface area contributed by atoms with E-state index >= 15 is 0 Å². The van der Waals surface area contributed by atoms with Crippen LogP contribution in [0.5, 0.6) is 5.75 Å². The summed E-state index contributed by atoms with van der Waals surface area (Å²) in [5.74, 6) is 0.935. The third-order valence-corrected chi connectivity index (χ3v) is 4.60. The van der Waals surface area contributed by atoms with Crippen LogP contribution in [0.2, 0.25) is 0 Å². The second-order valence-corrected chi connectivity index (χ2v) is 6.46. The van der Waals surface area contributed by atoms with Gasteiger partial charge in [-0.15, -0.1) is 0 Å². The first-order valence-electron chi connectivity index (χ1n) is 8.68. The SMILES string of the molecule is COc1cccc(Cn2c(NC(CO)CO)nc3c2c(=O)n(C)c(=O)n3C)c1. The van der Waals surface area contributed by atoms with Gasteiger partial charge in [-0.2, -0.15) is 4.98 Å². The van der Waals surface area contributed by atoms with E-state index in [1.54, 1.807) is 11.7 Å². The monoisotopic (exact) mass is 389 g/mol. The molecule has 0 saturated carbocycles. The Hall–Kier alpha value is -3.11. The van der Waals surface area contributed by atoms with Crippen LogP contribution in [-0.4, -0.2) is 55.3 Å². The first kappa shape index (κ1) is 19.6. The molecule has 2 aromatic heterocycles. The lowest BCUT2D eigenvalue weighted by Gasteiger charge is -2.16. The maximum absolute atomic E-state index is 12.8. The van der Waals surface area contributed by atoms with Gasteiger partial charge in [0, 0.05) is 14.1 Å². The summed E-state index contributed by atoms with van der Waals surface area (Å²) in [4.78, 5) is 29.5. The Morgan fingerprint density at radius 2 is 1.89 bits per heavy atom. The number of aromatic nitrogens is 4. The van der Waals surface area contributed by atoms with Crippen LogP contribution in [0.3, 0.4) is 0 Å². The summed E-state index contributed by atoms with van der Waals surface area (Å²) >= 11 is 0. The minimum Gasteiger partial charge on any atom is -0.497 e. The molecule has 0 aliphatic heterocycles. The summed E-state index contributed by atoms with van der Waals surface area (Å²) in [7, 11) is 4.51. The van der Waals surface area contributed by atoms with E-state index in [2.05, 4.69) is 10.3 Å². The van der Waals surface area contributed by atoms with E-state index in [0.29, 0.717) is 5.75 Å². The summed E-state index contributed by atoms with van der Waals surface area (Å²) in [6, 6.07) is 6.68. The summed E-state index contributed by atoms with van der Waals surface area (Å²) in [6.45, 7) is -0.376. The molecule has 28 heavy (non-hydrogen) atoms. The highest BCUT2D eigenvalue weighted by molar-refractivity contribution is 5.74. The van der Waals surface area contributed by atoms with Gasteiger partial charge in [-0.1, -0.05) is 12.1 Å². The van der Waals surface area contributed by atoms with Crippen molar-refractivity contribution >= 4 is 17.1 Å². The molecule has 3 rings (SSSR count). The highest BCUT2D eigenvalue weighted by Crippen LogP contribution is 2.20. The molecule has 3 N–H and O–H groups in total. The number of fused-ring (bicyclic) bond motifs is 1. The smallest absolute Gasteiger partial charge is 0.332 e. The van der Waals surface area contributed by atoms with Crippen LogP contribution in [0, 0.1) is 0 Å². The van der Waals surface area contributed by atoms with Crippen molar-refractivity contribution < 1.29 is 14.9 Å². The second-order valence-electron chi connectivity index (χ2n) is 6.46. The number of ether oxygens (including phenoxy) is 1.